The summed E-state index contributed by atoms with van der Waals surface area (Å²) in [5.74, 6) is -0.678. The minimum absolute atomic E-state index is 0.0147. The fraction of sp³-hybridized carbons (Fsp3) is 0.0800. The summed E-state index contributed by atoms with van der Waals surface area (Å²) in [6.45, 7) is 3.29. The third-order valence-corrected chi connectivity index (χ3v) is 5.31. The number of nitriles is 1. The summed E-state index contributed by atoms with van der Waals surface area (Å²) in [7, 11) is 0. The highest BCUT2D eigenvalue weighted by Crippen LogP contribution is 2.25. The van der Waals surface area contributed by atoms with Gasteiger partial charge in [0.05, 0.1) is 11.9 Å². The fourth-order valence-electron chi connectivity index (χ4n) is 3.55. The fourth-order valence-corrected chi connectivity index (χ4v) is 3.55. The maximum absolute atomic E-state index is 12.9. The highest BCUT2D eigenvalue weighted by atomic mass is 16.3. The number of para-hydroxylation sites is 1. The highest BCUT2D eigenvalue weighted by molar-refractivity contribution is 6.03. The van der Waals surface area contributed by atoms with Crippen molar-refractivity contribution in [1.29, 1.82) is 5.26 Å². The molecule has 0 aliphatic carbocycles. The zero-order valence-electron chi connectivity index (χ0n) is 17.9. The van der Waals surface area contributed by atoms with Crippen molar-refractivity contribution in [3.05, 3.63) is 99.0 Å². The lowest BCUT2D eigenvalue weighted by molar-refractivity contribution is 0.0947. The van der Waals surface area contributed by atoms with Gasteiger partial charge in [0.25, 0.3) is 11.5 Å². The van der Waals surface area contributed by atoms with Gasteiger partial charge < -0.3 is 5.11 Å². The Balaban J connectivity index is 1.72. The molecular formula is C25H19N5O3. The van der Waals surface area contributed by atoms with Crippen molar-refractivity contribution in [2.24, 2.45) is 5.10 Å². The van der Waals surface area contributed by atoms with E-state index in [1.807, 2.05) is 36.4 Å². The summed E-state index contributed by atoms with van der Waals surface area (Å²) < 4.78 is 1.05. The van der Waals surface area contributed by atoms with Gasteiger partial charge in [-0.1, -0.05) is 48.5 Å². The van der Waals surface area contributed by atoms with Gasteiger partial charge in [0.1, 0.15) is 17.4 Å². The van der Waals surface area contributed by atoms with Gasteiger partial charge in [-0.15, -0.1) is 0 Å². The molecule has 1 aromatic heterocycles. The van der Waals surface area contributed by atoms with E-state index in [4.69, 9.17) is 0 Å². The maximum Gasteiger partial charge on any atom is 0.292 e. The van der Waals surface area contributed by atoms with Crippen molar-refractivity contribution in [3.8, 4) is 17.5 Å². The van der Waals surface area contributed by atoms with E-state index in [9.17, 15) is 20.0 Å². The van der Waals surface area contributed by atoms with E-state index in [2.05, 4.69) is 15.6 Å². The summed E-state index contributed by atoms with van der Waals surface area (Å²) in [6, 6.07) is 19.7. The van der Waals surface area contributed by atoms with Gasteiger partial charge in [-0.25, -0.2) is 5.43 Å². The Morgan fingerprint density at radius 3 is 2.61 bits per heavy atom. The van der Waals surface area contributed by atoms with Crippen LogP contribution in [0, 0.1) is 25.2 Å². The van der Waals surface area contributed by atoms with Crippen LogP contribution in [0.25, 0.3) is 16.5 Å². The van der Waals surface area contributed by atoms with Crippen molar-refractivity contribution in [2.75, 3.05) is 0 Å². The molecule has 0 radical (unpaired) electrons. The van der Waals surface area contributed by atoms with Crippen molar-refractivity contribution in [3.63, 3.8) is 0 Å². The number of hydrazone groups is 1. The molecule has 0 unspecified atom stereocenters. The summed E-state index contributed by atoms with van der Waals surface area (Å²) in [4.78, 5) is 25.7. The number of aromatic hydroxyl groups is 1. The molecule has 8 nitrogen and oxygen atoms in total. The molecule has 33 heavy (non-hydrogen) atoms. The smallest absolute Gasteiger partial charge is 0.292 e. The number of aromatic nitrogens is 2. The van der Waals surface area contributed by atoms with Gasteiger partial charge in [0.2, 0.25) is 0 Å². The van der Waals surface area contributed by atoms with Crippen LogP contribution in [-0.4, -0.2) is 27.0 Å². The number of phenols is 1. The Labute approximate surface area is 189 Å². The number of rotatable bonds is 4. The lowest BCUT2D eigenvalue weighted by Crippen LogP contribution is -2.31. The molecule has 162 valence electrons. The molecule has 1 heterocycles. The molecule has 2 N–H and O–H groups in total. The first kappa shape index (κ1) is 21.5. The summed E-state index contributed by atoms with van der Waals surface area (Å²) in [5.41, 5.74) is 3.33. The lowest BCUT2D eigenvalue weighted by atomic mass is 10.0. The second kappa shape index (κ2) is 8.77. The number of hydrogen-bond donors (Lipinski definition) is 2. The third-order valence-electron chi connectivity index (χ3n) is 5.31. The Morgan fingerprint density at radius 2 is 1.85 bits per heavy atom. The number of phenolic OH excluding ortho intramolecular Hbond substituents is 1. The molecule has 0 fully saturated rings. The van der Waals surface area contributed by atoms with E-state index >= 15 is 0 Å². The number of fused-ring (bicyclic) bond motifs is 1. The topological polar surface area (TPSA) is 120 Å². The number of nitrogens with one attached hydrogen (secondary N) is 1. The van der Waals surface area contributed by atoms with Gasteiger partial charge >= 0.3 is 0 Å². The van der Waals surface area contributed by atoms with Crippen LogP contribution < -0.4 is 11.0 Å². The van der Waals surface area contributed by atoms with Crippen LogP contribution in [0.15, 0.2) is 70.6 Å². The third kappa shape index (κ3) is 3.95. The molecule has 0 saturated carbocycles. The van der Waals surface area contributed by atoms with Crippen molar-refractivity contribution < 1.29 is 9.90 Å². The molecule has 0 atom stereocenters. The van der Waals surface area contributed by atoms with E-state index in [0.29, 0.717) is 11.3 Å². The first-order valence-electron chi connectivity index (χ1n) is 10.1. The van der Waals surface area contributed by atoms with Crippen LogP contribution in [0.4, 0.5) is 0 Å². The molecule has 4 aromatic rings. The predicted molar refractivity (Wildman–Crippen MR) is 125 cm³/mol. The summed E-state index contributed by atoms with van der Waals surface area (Å²) in [6.07, 6.45) is 1.34. The van der Waals surface area contributed by atoms with E-state index in [1.54, 1.807) is 37.3 Å². The number of nitrogens with zero attached hydrogens (tertiary/aromatic N) is 4. The molecular weight excluding hydrogens is 418 g/mol. The number of benzene rings is 3. The minimum Gasteiger partial charge on any atom is -0.507 e. The van der Waals surface area contributed by atoms with Gasteiger partial charge in [0, 0.05) is 11.1 Å². The second-order valence-corrected chi connectivity index (χ2v) is 7.38. The monoisotopic (exact) mass is 437 g/mol. The highest BCUT2D eigenvalue weighted by Gasteiger charge is 2.20. The normalized spacial score (nSPS) is 10.9. The average Bonchev–Trinajstić information content (AvgIpc) is 2.81. The lowest BCUT2D eigenvalue weighted by Gasteiger charge is -2.12. The van der Waals surface area contributed by atoms with E-state index < -0.39 is 11.5 Å². The summed E-state index contributed by atoms with van der Waals surface area (Å²) >= 11 is 0. The summed E-state index contributed by atoms with van der Waals surface area (Å²) in [5, 5.41) is 29.6. The SMILES string of the molecule is Cc1ccccc1-n1nc(C(=O)N/N=C/c2c(O)ccc3ccccc23)c(C)c(C#N)c1=O. The minimum atomic E-state index is -0.692. The predicted octanol–water partition coefficient (Wildman–Crippen LogP) is 3.34. The zero-order chi connectivity index (χ0) is 23.5. The number of hydrogen-bond acceptors (Lipinski definition) is 6. The van der Waals surface area contributed by atoms with Crippen LogP contribution in [0.5, 0.6) is 5.75 Å². The Hall–Kier alpha value is -4.77. The molecule has 0 spiro atoms. The quantitative estimate of drug-likeness (QED) is 0.375. The average molecular weight is 437 g/mol. The molecule has 0 aliphatic rings. The molecule has 8 heteroatoms. The molecule has 3 aromatic carbocycles. The van der Waals surface area contributed by atoms with Gasteiger partial charge in [-0.05, 0) is 42.3 Å². The Kier molecular flexibility index (Phi) is 5.70. The number of carbonyl (C=O) groups excluding carboxylic acids is 1. The Morgan fingerprint density at radius 1 is 1.12 bits per heavy atom. The Bertz CT molecular complexity index is 1530. The molecule has 0 aliphatic heterocycles. The van der Waals surface area contributed by atoms with Crippen LogP contribution in [0.2, 0.25) is 0 Å². The van der Waals surface area contributed by atoms with Gasteiger partial charge in [-0.3, -0.25) is 9.59 Å². The number of amides is 1. The van der Waals surface area contributed by atoms with Crippen LogP contribution >= 0.6 is 0 Å². The molecule has 0 saturated heterocycles. The first-order chi connectivity index (χ1) is 15.9. The standard InChI is InChI=1S/C25H19N5O3/c1-15-7-3-6-10-21(15)30-25(33)19(13-26)16(2)23(29-30)24(32)28-27-14-20-18-9-5-4-8-17(18)11-12-22(20)31/h3-12,14,31H,1-2H3,(H,28,32)/b27-14+. The van der Waals surface area contributed by atoms with E-state index in [0.717, 1.165) is 21.0 Å². The van der Waals surface area contributed by atoms with Crippen molar-refractivity contribution in [1.82, 2.24) is 15.2 Å². The van der Waals surface area contributed by atoms with Crippen LogP contribution in [0.1, 0.15) is 32.7 Å². The van der Waals surface area contributed by atoms with Crippen LogP contribution in [-0.2, 0) is 0 Å². The first-order valence-corrected chi connectivity index (χ1v) is 10.1. The van der Waals surface area contributed by atoms with Gasteiger partial charge in [0.15, 0.2) is 5.69 Å². The largest absolute Gasteiger partial charge is 0.507 e. The molecule has 1 amide bonds. The molecule has 0 bridgehead atoms. The van der Waals surface area contributed by atoms with Crippen molar-refractivity contribution in [2.45, 2.75) is 13.8 Å². The van der Waals surface area contributed by atoms with Crippen LogP contribution in [0.3, 0.4) is 0 Å². The van der Waals surface area contributed by atoms with E-state index in [-0.39, 0.29) is 22.6 Å². The number of aryl methyl sites for hydroxylation is 1. The second-order valence-electron chi connectivity index (χ2n) is 7.38. The number of carbonyl (C=O) groups is 1. The molecule has 4 rings (SSSR count). The zero-order valence-corrected chi connectivity index (χ0v) is 17.9. The maximum atomic E-state index is 12.9. The van der Waals surface area contributed by atoms with Crippen molar-refractivity contribution >= 4 is 22.9 Å². The van der Waals surface area contributed by atoms with E-state index in [1.165, 1.54) is 13.1 Å². The van der Waals surface area contributed by atoms with Gasteiger partial charge in [-0.2, -0.15) is 20.1 Å².